The molecule has 0 aromatic heterocycles. The van der Waals surface area contributed by atoms with Crippen molar-refractivity contribution in [3.63, 3.8) is 0 Å². The van der Waals surface area contributed by atoms with Crippen LogP contribution in [0.4, 0.5) is 0 Å². The summed E-state index contributed by atoms with van der Waals surface area (Å²) in [7, 11) is 2.36. The second-order valence-corrected chi connectivity index (χ2v) is 7.04. The van der Waals surface area contributed by atoms with Crippen molar-refractivity contribution in [3.8, 4) is 0 Å². The molecule has 0 spiro atoms. The highest BCUT2D eigenvalue weighted by molar-refractivity contribution is 5.01. The summed E-state index contributed by atoms with van der Waals surface area (Å²) in [6.45, 7) is 3.91. The molecule has 0 saturated carbocycles. The minimum Gasteiger partial charge on any atom is -0.315 e. The molecule has 4 atom stereocenters. The number of piperidine rings is 2. The Kier molecular flexibility index (Phi) is 2.90. The first-order chi connectivity index (χ1) is 8.83. The first-order valence-corrected chi connectivity index (χ1v) is 8.01. The molecule has 0 amide bonds. The smallest absolute Gasteiger partial charge is 0.0263 e. The van der Waals surface area contributed by atoms with Crippen molar-refractivity contribution in [1.29, 1.82) is 0 Å². The number of fused-ring (bicyclic) bond motifs is 3. The minimum atomic E-state index is 0.867. The van der Waals surface area contributed by atoms with Gasteiger partial charge in [0.2, 0.25) is 0 Å². The lowest BCUT2D eigenvalue weighted by Crippen LogP contribution is -2.55. The fourth-order valence-electron chi connectivity index (χ4n) is 5.21. The van der Waals surface area contributed by atoms with E-state index in [0.717, 1.165) is 30.1 Å². The van der Waals surface area contributed by atoms with Crippen LogP contribution in [-0.2, 0) is 0 Å². The lowest BCUT2D eigenvalue weighted by atomic mass is 9.87. The average Bonchev–Trinajstić information content (AvgIpc) is 2.91. The summed E-state index contributed by atoms with van der Waals surface area (Å²) in [6.07, 6.45) is 8.69. The summed E-state index contributed by atoms with van der Waals surface area (Å²) >= 11 is 0. The fraction of sp³-hybridized carbons (Fsp3) is 1.00. The van der Waals surface area contributed by atoms with E-state index in [1.165, 1.54) is 58.2 Å². The summed E-state index contributed by atoms with van der Waals surface area (Å²) in [4.78, 5) is 5.58. The summed E-state index contributed by atoms with van der Waals surface area (Å²) in [6, 6.07) is 3.55. The quantitative estimate of drug-likeness (QED) is 0.755. The van der Waals surface area contributed by atoms with E-state index in [1.807, 2.05) is 0 Å². The van der Waals surface area contributed by atoms with Crippen LogP contribution in [0.25, 0.3) is 0 Å². The molecule has 3 nitrogen and oxygen atoms in total. The predicted octanol–water partition coefficient (Wildman–Crippen LogP) is 1.30. The third kappa shape index (κ3) is 1.75. The number of hydrogen-bond acceptors (Lipinski definition) is 3. The zero-order chi connectivity index (χ0) is 12.1. The maximum atomic E-state index is 3.63. The van der Waals surface area contributed by atoms with Crippen molar-refractivity contribution in [3.05, 3.63) is 0 Å². The van der Waals surface area contributed by atoms with E-state index < -0.39 is 0 Å². The van der Waals surface area contributed by atoms with Crippen LogP contribution in [0.2, 0.25) is 0 Å². The zero-order valence-electron chi connectivity index (χ0n) is 11.6. The monoisotopic (exact) mass is 249 g/mol. The molecule has 0 aromatic rings. The topological polar surface area (TPSA) is 18.5 Å². The Labute approximate surface area is 111 Å². The second-order valence-electron chi connectivity index (χ2n) is 7.04. The molecule has 102 valence electrons. The Morgan fingerprint density at radius 1 is 0.944 bits per heavy atom. The Hall–Kier alpha value is -0.120. The summed E-state index contributed by atoms with van der Waals surface area (Å²) in [5.41, 5.74) is 0. The standard InChI is InChI=1S/C15H27N3/c1-17-12-4-5-13(17)8-14(7-12)18-6-2-3-11-9-16-10-15(11)18/h11-16H,2-10H2,1H3. The van der Waals surface area contributed by atoms with E-state index in [0.29, 0.717) is 0 Å². The number of hydrogen-bond donors (Lipinski definition) is 1. The normalized spacial score (nSPS) is 49.5. The van der Waals surface area contributed by atoms with E-state index in [-0.39, 0.29) is 0 Å². The number of nitrogens with one attached hydrogen (secondary N) is 1. The van der Waals surface area contributed by atoms with Gasteiger partial charge in [-0.2, -0.15) is 0 Å². The van der Waals surface area contributed by atoms with Crippen molar-refractivity contribution < 1.29 is 0 Å². The molecule has 0 aromatic carbocycles. The van der Waals surface area contributed by atoms with Gasteiger partial charge in [0.25, 0.3) is 0 Å². The van der Waals surface area contributed by atoms with Crippen molar-refractivity contribution in [2.24, 2.45) is 5.92 Å². The molecule has 4 aliphatic heterocycles. The van der Waals surface area contributed by atoms with E-state index in [1.54, 1.807) is 0 Å². The van der Waals surface area contributed by atoms with Crippen LogP contribution in [0.1, 0.15) is 38.5 Å². The molecule has 4 unspecified atom stereocenters. The van der Waals surface area contributed by atoms with Crippen LogP contribution in [-0.4, -0.2) is 60.6 Å². The first kappa shape index (κ1) is 11.7. The predicted molar refractivity (Wildman–Crippen MR) is 73.7 cm³/mol. The highest BCUT2D eigenvalue weighted by Crippen LogP contribution is 2.39. The Balaban J connectivity index is 1.50. The van der Waals surface area contributed by atoms with Gasteiger partial charge >= 0.3 is 0 Å². The molecule has 3 heteroatoms. The van der Waals surface area contributed by atoms with Gasteiger partial charge in [0, 0.05) is 30.7 Å². The van der Waals surface area contributed by atoms with Crippen molar-refractivity contribution in [2.75, 3.05) is 26.7 Å². The van der Waals surface area contributed by atoms with E-state index in [9.17, 15) is 0 Å². The lowest BCUT2D eigenvalue weighted by Gasteiger charge is -2.47. The molecule has 4 fully saturated rings. The van der Waals surface area contributed by atoms with Gasteiger partial charge in [-0.25, -0.2) is 0 Å². The molecule has 4 rings (SSSR count). The van der Waals surface area contributed by atoms with Crippen LogP contribution in [0.15, 0.2) is 0 Å². The van der Waals surface area contributed by atoms with Crippen LogP contribution in [0, 0.1) is 5.92 Å². The lowest BCUT2D eigenvalue weighted by molar-refractivity contribution is 0.0211. The molecule has 4 heterocycles. The van der Waals surface area contributed by atoms with Gasteiger partial charge in [0.1, 0.15) is 0 Å². The molecular formula is C15H27N3. The molecular weight excluding hydrogens is 222 g/mol. The fourth-order valence-corrected chi connectivity index (χ4v) is 5.21. The van der Waals surface area contributed by atoms with Gasteiger partial charge in [-0.15, -0.1) is 0 Å². The van der Waals surface area contributed by atoms with E-state index >= 15 is 0 Å². The van der Waals surface area contributed by atoms with Gasteiger partial charge < -0.3 is 10.2 Å². The van der Waals surface area contributed by atoms with Crippen LogP contribution >= 0.6 is 0 Å². The van der Waals surface area contributed by atoms with Gasteiger partial charge in [-0.1, -0.05) is 0 Å². The highest BCUT2D eigenvalue weighted by atomic mass is 15.3. The van der Waals surface area contributed by atoms with Crippen LogP contribution < -0.4 is 5.32 Å². The van der Waals surface area contributed by atoms with Crippen LogP contribution in [0.3, 0.4) is 0 Å². The molecule has 1 N–H and O–H groups in total. The summed E-state index contributed by atoms with van der Waals surface area (Å²) in [5, 5.41) is 3.63. The Morgan fingerprint density at radius 3 is 2.50 bits per heavy atom. The number of rotatable bonds is 1. The molecule has 18 heavy (non-hydrogen) atoms. The van der Waals surface area contributed by atoms with Gasteiger partial charge in [-0.3, -0.25) is 4.90 Å². The number of likely N-dealkylation sites (tertiary alicyclic amines) is 1. The van der Waals surface area contributed by atoms with Crippen LogP contribution in [0.5, 0.6) is 0 Å². The van der Waals surface area contributed by atoms with E-state index in [4.69, 9.17) is 0 Å². The second kappa shape index (κ2) is 4.46. The zero-order valence-corrected chi connectivity index (χ0v) is 11.6. The highest BCUT2D eigenvalue weighted by Gasteiger charge is 2.44. The summed E-state index contributed by atoms with van der Waals surface area (Å²) in [5.74, 6) is 0.955. The van der Waals surface area contributed by atoms with Crippen molar-refractivity contribution in [1.82, 2.24) is 15.1 Å². The maximum Gasteiger partial charge on any atom is 0.0263 e. The molecule has 0 aliphatic carbocycles. The summed E-state index contributed by atoms with van der Waals surface area (Å²) < 4.78 is 0. The average molecular weight is 249 g/mol. The Morgan fingerprint density at radius 2 is 1.72 bits per heavy atom. The van der Waals surface area contributed by atoms with E-state index in [2.05, 4.69) is 22.2 Å². The minimum absolute atomic E-state index is 0.867. The molecule has 0 radical (unpaired) electrons. The van der Waals surface area contributed by atoms with Gasteiger partial charge in [-0.05, 0) is 64.6 Å². The van der Waals surface area contributed by atoms with Gasteiger partial charge in [0.05, 0.1) is 0 Å². The van der Waals surface area contributed by atoms with Gasteiger partial charge in [0.15, 0.2) is 0 Å². The molecule has 2 bridgehead atoms. The molecule has 4 saturated heterocycles. The SMILES string of the molecule is CN1C2CCC1CC(N1CCCC3CNCC31)C2. The van der Waals surface area contributed by atoms with Crippen molar-refractivity contribution >= 4 is 0 Å². The van der Waals surface area contributed by atoms with Crippen molar-refractivity contribution in [2.45, 2.75) is 62.7 Å². The maximum absolute atomic E-state index is 3.63. The number of nitrogens with zero attached hydrogens (tertiary/aromatic N) is 2. The Bertz CT molecular complexity index is 305. The largest absolute Gasteiger partial charge is 0.315 e. The third-order valence-corrected chi connectivity index (χ3v) is 6.26. The first-order valence-electron chi connectivity index (χ1n) is 8.01. The molecule has 4 aliphatic rings. The third-order valence-electron chi connectivity index (χ3n) is 6.26.